The molecule has 17 heavy (non-hydrogen) atoms. The van der Waals surface area contributed by atoms with Crippen LogP contribution >= 0.6 is 0 Å². The summed E-state index contributed by atoms with van der Waals surface area (Å²) in [5.41, 5.74) is 0.919. The van der Waals surface area contributed by atoms with Gasteiger partial charge in [0.2, 0.25) is 0 Å². The van der Waals surface area contributed by atoms with Crippen molar-refractivity contribution in [1.82, 2.24) is 4.57 Å². The van der Waals surface area contributed by atoms with Gasteiger partial charge in [-0.05, 0) is 18.1 Å². The second kappa shape index (κ2) is 4.08. The zero-order chi connectivity index (χ0) is 12.6. The molecule has 2 rings (SSSR count). The molecule has 90 valence electrons. The van der Waals surface area contributed by atoms with Crippen LogP contribution in [-0.4, -0.2) is 15.6 Å². The van der Waals surface area contributed by atoms with Gasteiger partial charge in [-0.15, -0.1) is 0 Å². The summed E-state index contributed by atoms with van der Waals surface area (Å²) in [6.45, 7) is 3.51. The minimum Gasteiger partial charge on any atom is -0.480 e. The highest BCUT2D eigenvalue weighted by molar-refractivity contribution is 5.78. The summed E-state index contributed by atoms with van der Waals surface area (Å²) in [7, 11) is 0. The van der Waals surface area contributed by atoms with Crippen LogP contribution in [0.15, 0.2) is 33.5 Å². The van der Waals surface area contributed by atoms with Crippen LogP contribution in [0.3, 0.4) is 0 Å². The maximum absolute atomic E-state index is 11.7. The Hall–Kier alpha value is -2.04. The van der Waals surface area contributed by atoms with Crippen molar-refractivity contribution < 1.29 is 14.3 Å². The van der Waals surface area contributed by atoms with Crippen molar-refractivity contribution in [3.63, 3.8) is 0 Å². The molecular formula is C12H13NO4. The summed E-state index contributed by atoms with van der Waals surface area (Å²) in [5, 5.41) is 9.20. The van der Waals surface area contributed by atoms with E-state index in [4.69, 9.17) is 4.42 Å². The number of aromatic nitrogens is 1. The first kappa shape index (κ1) is 11.4. The summed E-state index contributed by atoms with van der Waals surface area (Å²) in [5.74, 6) is -1.87. The van der Waals surface area contributed by atoms with Gasteiger partial charge >= 0.3 is 11.7 Å². The van der Waals surface area contributed by atoms with Crippen molar-refractivity contribution in [3.8, 4) is 0 Å². The van der Waals surface area contributed by atoms with E-state index >= 15 is 0 Å². The molecule has 5 heteroatoms. The van der Waals surface area contributed by atoms with E-state index in [0.717, 1.165) is 0 Å². The molecule has 0 amide bonds. The third-order valence-corrected chi connectivity index (χ3v) is 2.68. The lowest BCUT2D eigenvalue weighted by Gasteiger charge is -2.16. The fourth-order valence-electron chi connectivity index (χ4n) is 1.94. The third-order valence-electron chi connectivity index (χ3n) is 2.68. The van der Waals surface area contributed by atoms with Crippen molar-refractivity contribution in [2.45, 2.75) is 19.9 Å². The minimum absolute atomic E-state index is 0.203. The standard InChI is InChI=1S/C12H13NO4/c1-7(2)10(11(14)15)13-8-5-3-4-6-9(8)17-12(13)16/h3-7,10H,1-2H3,(H,14,15). The number of oxazole rings is 1. The molecule has 5 nitrogen and oxygen atoms in total. The molecule has 2 aromatic rings. The van der Waals surface area contributed by atoms with Crippen molar-refractivity contribution in [2.75, 3.05) is 0 Å². The number of fused-ring (bicyclic) bond motifs is 1. The van der Waals surface area contributed by atoms with Gasteiger partial charge in [0, 0.05) is 0 Å². The van der Waals surface area contributed by atoms with E-state index in [0.29, 0.717) is 11.1 Å². The van der Waals surface area contributed by atoms with Crippen LogP contribution in [0.2, 0.25) is 0 Å². The number of carbonyl (C=O) groups is 1. The predicted molar refractivity (Wildman–Crippen MR) is 62.0 cm³/mol. The minimum atomic E-state index is -1.03. The van der Waals surface area contributed by atoms with E-state index < -0.39 is 17.8 Å². The quantitative estimate of drug-likeness (QED) is 0.881. The van der Waals surface area contributed by atoms with Gasteiger partial charge in [-0.2, -0.15) is 0 Å². The van der Waals surface area contributed by atoms with E-state index in [1.807, 2.05) is 0 Å². The Kier molecular flexibility index (Phi) is 2.75. The monoisotopic (exact) mass is 235 g/mol. The van der Waals surface area contributed by atoms with Gasteiger partial charge in [-0.3, -0.25) is 4.57 Å². The summed E-state index contributed by atoms with van der Waals surface area (Å²) in [4.78, 5) is 23.0. The molecule has 0 aliphatic heterocycles. The zero-order valence-electron chi connectivity index (χ0n) is 9.58. The molecule has 0 fully saturated rings. The van der Waals surface area contributed by atoms with Crippen molar-refractivity contribution in [3.05, 3.63) is 34.8 Å². The number of hydrogen-bond acceptors (Lipinski definition) is 3. The molecule has 0 saturated carbocycles. The number of carboxylic acids is 1. The van der Waals surface area contributed by atoms with Gasteiger partial charge < -0.3 is 9.52 Å². The number of carboxylic acid groups (broad SMARTS) is 1. The highest BCUT2D eigenvalue weighted by Gasteiger charge is 2.27. The maximum Gasteiger partial charge on any atom is 0.420 e. The van der Waals surface area contributed by atoms with Crippen molar-refractivity contribution in [2.24, 2.45) is 5.92 Å². The first-order valence-electron chi connectivity index (χ1n) is 5.35. The van der Waals surface area contributed by atoms with Crippen molar-refractivity contribution in [1.29, 1.82) is 0 Å². The topological polar surface area (TPSA) is 72.4 Å². The van der Waals surface area contributed by atoms with Crippen LogP contribution in [0.4, 0.5) is 0 Å². The largest absolute Gasteiger partial charge is 0.480 e. The molecule has 1 aromatic carbocycles. The first-order valence-corrected chi connectivity index (χ1v) is 5.35. The van der Waals surface area contributed by atoms with Crippen LogP contribution in [0.5, 0.6) is 0 Å². The summed E-state index contributed by atoms with van der Waals surface area (Å²) in [6, 6.07) is 5.89. The fourth-order valence-corrected chi connectivity index (χ4v) is 1.94. The molecular weight excluding hydrogens is 222 g/mol. The lowest BCUT2D eigenvalue weighted by Crippen LogP contribution is -2.30. The van der Waals surface area contributed by atoms with Gasteiger partial charge in [0.25, 0.3) is 0 Å². The van der Waals surface area contributed by atoms with E-state index in [1.54, 1.807) is 38.1 Å². The highest BCUT2D eigenvalue weighted by Crippen LogP contribution is 2.22. The predicted octanol–water partition coefficient (Wildman–Crippen LogP) is 1.88. The van der Waals surface area contributed by atoms with Crippen LogP contribution in [0.1, 0.15) is 19.9 Å². The van der Waals surface area contributed by atoms with Crippen molar-refractivity contribution >= 4 is 17.1 Å². The number of hydrogen-bond donors (Lipinski definition) is 1. The lowest BCUT2D eigenvalue weighted by atomic mass is 10.0. The fraction of sp³-hybridized carbons (Fsp3) is 0.333. The Balaban J connectivity index is 2.72. The number of aliphatic carboxylic acids is 1. The zero-order valence-corrected chi connectivity index (χ0v) is 9.58. The Labute approximate surface area is 97.3 Å². The molecule has 1 atom stereocenters. The molecule has 0 bridgehead atoms. The van der Waals surface area contributed by atoms with E-state index in [9.17, 15) is 14.7 Å². The molecule has 0 aliphatic carbocycles. The molecule has 1 unspecified atom stereocenters. The maximum atomic E-state index is 11.7. The van der Waals surface area contributed by atoms with E-state index in [1.165, 1.54) is 4.57 Å². The van der Waals surface area contributed by atoms with Gasteiger partial charge in [0.15, 0.2) is 5.58 Å². The molecule has 0 spiro atoms. The average Bonchev–Trinajstić information content (AvgIpc) is 2.55. The molecule has 1 N–H and O–H groups in total. The Bertz CT molecular complexity index is 608. The number of para-hydroxylation sites is 2. The SMILES string of the molecule is CC(C)C(C(=O)O)n1c(=O)oc2ccccc21. The molecule has 0 aliphatic rings. The summed E-state index contributed by atoms with van der Waals surface area (Å²) in [6.07, 6.45) is 0. The van der Waals surface area contributed by atoms with E-state index in [-0.39, 0.29) is 5.92 Å². The first-order chi connectivity index (χ1) is 8.02. The Morgan fingerprint density at radius 1 is 1.35 bits per heavy atom. The molecule has 0 saturated heterocycles. The van der Waals surface area contributed by atoms with Gasteiger partial charge in [-0.25, -0.2) is 9.59 Å². The number of benzene rings is 1. The van der Waals surface area contributed by atoms with Crippen LogP contribution in [-0.2, 0) is 4.79 Å². The van der Waals surface area contributed by atoms with Crippen LogP contribution < -0.4 is 5.76 Å². The second-order valence-corrected chi connectivity index (χ2v) is 4.23. The lowest BCUT2D eigenvalue weighted by molar-refractivity contribution is -0.142. The van der Waals surface area contributed by atoms with E-state index in [2.05, 4.69) is 0 Å². The van der Waals surface area contributed by atoms with Crippen LogP contribution in [0.25, 0.3) is 11.1 Å². The molecule has 0 radical (unpaired) electrons. The number of nitrogens with zero attached hydrogens (tertiary/aromatic N) is 1. The number of rotatable bonds is 3. The highest BCUT2D eigenvalue weighted by atomic mass is 16.4. The molecule has 1 aromatic heterocycles. The molecule has 1 heterocycles. The summed E-state index contributed by atoms with van der Waals surface area (Å²) >= 11 is 0. The van der Waals surface area contributed by atoms with Gasteiger partial charge in [0.05, 0.1) is 5.52 Å². The summed E-state index contributed by atoms with van der Waals surface area (Å²) < 4.78 is 6.22. The average molecular weight is 235 g/mol. The third kappa shape index (κ3) is 1.84. The second-order valence-electron chi connectivity index (χ2n) is 4.23. The smallest absolute Gasteiger partial charge is 0.420 e. The van der Waals surface area contributed by atoms with Crippen LogP contribution in [0, 0.1) is 5.92 Å². The van der Waals surface area contributed by atoms with Gasteiger partial charge in [0.1, 0.15) is 6.04 Å². The Morgan fingerprint density at radius 3 is 2.59 bits per heavy atom. The normalized spacial score (nSPS) is 13.1. The Morgan fingerprint density at radius 2 is 2.00 bits per heavy atom. The van der Waals surface area contributed by atoms with Gasteiger partial charge in [-0.1, -0.05) is 26.0 Å².